The van der Waals surface area contributed by atoms with Crippen molar-refractivity contribution >= 4 is 5.78 Å². The molecule has 0 aromatic carbocycles. The molecule has 2 spiro atoms. The van der Waals surface area contributed by atoms with Crippen molar-refractivity contribution < 1.29 is 14.6 Å². The Bertz CT molecular complexity index is 630. The third-order valence-corrected chi connectivity index (χ3v) is 10.1. The fourth-order valence-electron chi connectivity index (χ4n) is 8.70. The summed E-state index contributed by atoms with van der Waals surface area (Å²) < 4.78 is 6.14. The van der Waals surface area contributed by atoms with E-state index >= 15 is 0 Å². The first kappa shape index (κ1) is 13.8. The van der Waals surface area contributed by atoms with Crippen molar-refractivity contribution in [2.24, 2.45) is 34.0 Å². The monoisotopic (exact) mass is 316 g/mol. The van der Waals surface area contributed by atoms with Gasteiger partial charge in [-0.05, 0) is 73.5 Å². The second-order valence-electron chi connectivity index (χ2n) is 10.2. The molecule has 23 heavy (non-hydrogen) atoms. The number of ether oxygens (including phenoxy) is 1. The predicted molar refractivity (Wildman–Crippen MR) is 84.7 cm³/mol. The van der Waals surface area contributed by atoms with Gasteiger partial charge in [-0.15, -0.1) is 0 Å². The molecule has 1 saturated heterocycles. The molecule has 0 aromatic heterocycles. The van der Waals surface area contributed by atoms with Crippen LogP contribution in [0.4, 0.5) is 0 Å². The summed E-state index contributed by atoms with van der Waals surface area (Å²) in [5.74, 6) is 2.60. The van der Waals surface area contributed by atoms with Gasteiger partial charge in [0.05, 0.1) is 6.10 Å². The number of ketones is 1. The number of Topliss-reactive ketones (excluding diaryl/α,β-unsaturated/α-hetero) is 1. The Hall–Kier alpha value is -0.410. The number of aliphatic hydroxyl groups is 1. The molecule has 9 atom stereocenters. The molecule has 3 heteroatoms. The maximum Gasteiger partial charge on any atom is 0.164 e. The molecule has 3 nitrogen and oxygen atoms in total. The highest BCUT2D eigenvalue weighted by molar-refractivity contribution is 5.88. The van der Waals surface area contributed by atoms with Crippen LogP contribution in [-0.4, -0.2) is 28.7 Å². The van der Waals surface area contributed by atoms with Crippen molar-refractivity contribution in [2.75, 3.05) is 0 Å². The third-order valence-electron chi connectivity index (χ3n) is 10.1. The predicted octanol–water partition coefficient (Wildman–Crippen LogP) is 3.09. The van der Waals surface area contributed by atoms with Gasteiger partial charge in [-0.3, -0.25) is 4.79 Å². The van der Waals surface area contributed by atoms with Gasteiger partial charge in [0.2, 0.25) is 0 Å². The topological polar surface area (TPSA) is 49.8 Å². The fraction of sp³-hybridized carbons (Fsp3) is 0.950. The van der Waals surface area contributed by atoms with Crippen LogP contribution in [0.2, 0.25) is 0 Å². The zero-order valence-electron chi connectivity index (χ0n) is 14.3. The lowest BCUT2D eigenvalue weighted by molar-refractivity contribution is -0.145. The summed E-state index contributed by atoms with van der Waals surface area (Å²) in [4.78, 5) is 12.2. The molecule has 0 amide bonds. The Labute approximate surface area is 138 Å². The minimum absolute atomic E-state index is 0.0721. The van der Waals surface area contributed by atoms with Gasteiger partial charge in [0.1, 0.15) is 11.7 Å². The van der Waals surface area contributed by atoms with E-state index in [9.17, 15) is 9.90 Å². The average Bonchev–Trinajstić information content (AvgIpc) is 3.39. The number of hydrogen-bond donors (Lipinski definition) is 1. The van der Waals surface area contributed by atoms with Crippen LogP contribution < -0.4 is 0 Å². The van der Waals surface area contributed by atoms with Gasteiger partial charge in [0.15, 0.2) is 5.78 Å². The standard InChI is InChI=1S/C20H28O3/c1-17-7-5-14(21)16-20(17,23-16)8-4-13-12(17)3-6-18(2)15(22)9-11-10-19(11,13)18/h11-13,15-16,22H,3-10H2,1-2H3/t11?,12-,13+,15?,16?,17+,18+,19?,20?/m0/s1. The van der Waals surface area contributed by atoms with Gasteiger partial charge < -0.3 is 9.84 Å². The second-order valence-corrected chi connectivity index (χ2v) is 10.2. The highest BCUT2D eigenvalue weighted by atomic mass is 16.6. The first-order valence-electron chi connectivity index (χ1n) is 9.78. The van der Waals surface area contributed by atoms with Crippen LogP contribution in [0.15, 0.2) is 0 Å². The first-order valence-corrected chi connectivity index (χ1v) is 9.78. The van der Waals surface area contributed by atoms with Gasteiger partial charge >= 0.3 is 0 Å². The number of carbonyl (C=O) groups is 1. The second kappa shape index (κ2) is 3.58. The lowest BCUT2D eigenvalue weighted by Gasteiger charge is -2.60. The van der Waals surface area contributed by atoms with Crippen LogP contribution in [0.1, 0.15) is 65.2 Å². The molecule has 1 N–H and O–H groups in total. The SMILES string of the molecule is C[C@]12CC[C@H]3[C@@H](CCC45OC4C(=O)CC[C@]35C)C13CC3CC2O. The van der Waals surface area contributed by atoms with Gasteiger partial charge in [0.25, 0.3) is 0 Å². The molecule has 126 valence electrons. The van der Waals surface area contributed by atoms with Crippen LogP contribution >= 0.6 is 0 Å². The molecule has 5 unspecified atom stereocenters. The molecule has 1 heterocycles. The zero-order valence-corrected chi connectivity index (χ0v) is 14.3. The maximum atomic E-state index is 12.2. The number of hydrogen-bond acceptors (Lipinski definition) is 3. The first-order chi connectivity index (χ1) is 10.9. The van der Waals surface area contributed by atoms with Crippen LogP contribution in [-0.2, 0) is 9.53 Å². The Balaban J connectivity index is 1.43. The van der Waals surface area contributed by atoms with Crippen molar-refractivity contribution in [1.29, 1.82) is 0 Å². The van der Waals surface area contributed by atoms with Crippen molar-refractivity contribution in [3.8, 4) is 0 Å². The van der Waals surface area contributed by atoms with E-state index in [1.807, 2.05) is 0 Å². The van der Waals surface area contributed by atoms with Crippen LogP contribution in [0, 0.1) is 34.0 Å². The van der Waals surface area contributed by atoms with Crippen molar-refractivity contribution in [3.05, 3.63) is 0 Å². The maximum absolute atomic E-state index is 12.2. The molecule has 0 bridgehead atoms. The van der Waals surface area contributed by atoms with E-state index in [0.29, 0.717) is 17.1 Å². The van der Waals surface area contributed by atoms with Gasteiger partial charge in [0, 0.05) is 11.8 Å². The molecule has 0 radical (unpaired) electrons. The number of rotatable bonds is 0. The summed E-state index contributed by atoms with van der Waals surface area (Å²) in [6, 6.07) is 0. The van der Waals surface area contributed by atoms with Crippen LogP contribution in [0.3, 0.4) is 0 Å². The molecule has 5 aliphatic carbocycles. The van der Waals surface area contributed by atoms with Crippen LogP contribution in [0.5, 0.6) is 0 Å². The van der Waals surface area contributed by atoms with Crippen LogP contribution in [0.25, 0.3) is 0 Å². The number of aliphatic hydroxyl groups excluding tert-OH is 1. The van der Waals surface area contributed by atoms with Crippen molar-refractivity contribution in [3.63, 3.8) is 0 Å². The summed E-state index contributed by atoms with van der Waals surface area (Å²) in [6.07, 6.45) is 8.72. The van der Waals surface area contributed by atoms with E-state index in [2.05, 4.69) is 13.8 Å². The fourth-order valence-corrected chi connectivity index (χ4v) is 8.70. The summed E-state index contributed by atoms with van der Waals surface area (Å²) in [5, 5.41) is 10.7. The summed E-state index contributed by atoms with van der Waals surface area (Å²) in [6.45, 7) is 4.83. The minimum atomic E-state index is -0.102. The van der Waals surface area contributed by atoms with E-state index in [1.165, 1.54) is 25.7 Å². The van der Waals surface area contributed by atoms with E-state index in [-0.39, 0.29) is 28.6 Å². The largest absolute Gasteiger partial charge is 0.393 e. The van der Waals surface area contributed by atoms with E-state index < -0.39 is 0 Å². The van der Waals surface area contributed by atoms with E-state index in [0.717, 1.165) is 37.5 Å². The lowest BCUT2D eigenvalue weighted by Crippen LogP contribution is -2.59. The third kappa shape index (κ3) is 1.19. The Morgan fingerprint density at radius 1 is 1.09 bits per heavy atom. The number of carbonyl (C=O) groups excluding carboxylic acids is 1. The van der Waals surface area contributed by atoms with Crippen molar-refractivity contribution in [2.45, 2.75) is 83.0 Å². The minimum Gasteiger partial charge on any atom is -0.393 e. The van der Waals surface area contributed by atoms with Gasteiger partial charge in [-0.1, -0.05) is 13.8 Å². The molecule has 0 aromatic rings. The molecule has 1 aliphatic heterocycles. The summed E-state index contributed by atoms with van der Waals surface area (Å²) in [5.41, 5.74) is 0.681. The summed E-state index contributed by atoms with van der Waals surface area (Å²) >= 11 is 0. The molecule has 6 fully saturated rings. The highest BCUT2D eigenvalue weighted by Gasteiger charge is 2.82. The lowest BCUT2D eigenvalue weighted by atomic mass is 9.43. The Morgan fingerprint density at radius 2 is 1.87 bits per heavy atom. The Morgan fingerprint density at radius 3 is 2.70 bits per heavy atom. The molecular formula is C20H28O3. The van der Waals surface area contributed by atoms with Gasteiger partial charge in [-0.2, -0.15) is 0 Å². The zero-order chi connectivity index (χ0) is 15.8. The normalized spacial score (nSPS) is 68.3. The van der Waals surface area contributed by atoms with Gasteiger partial charge in [-0.25, -0.2) is 0 Å². The van der Waals surface area contributed by atoms with Crippen molar-refractivity contribution in [1.82, 2.24) is 0 Å². The quantitative estimate of drug-likeness (QED) is 0.699. The van der Waals surface area contributed by atoms with E-state index in [4.69, 9.17) is 4.74 Å². The summed E-state index contributed by atoms with van der Waals surface area (Å²) in [7, 11) is 0. The van der Waals surface area contributed by atoms with E-state index in [1.54, 1.807) is 0 Å². The molecule has 5 saturated carbocycles. The smallest absolute Gasteiger partial charge is 0.164 e. The molecular weight excluding hydrogens is 288 g/mol. The molecule has 6 aliphatic rings. The average molecular weight is 316 g/mol. The number of fused-ring (bicyclic) bond motifs is 2. The highest BCUT2D eigenvalue weighted by Crippen LogP contribution is 2.84. The molecule has 6 rings (SSSR count). The Kier molecular flexibility index (Phi) is 2.15. The number of epoxide rings is 1.